The number of nitrogens with zero attached hydrogens (tertiary/aromatic N) is 3. The molecule has 1 heterocycles. The van der Waals surface area contributed by atoms with Crippen molar-refractivity contribution in [3.05, 3.63) is 75.6 Å². The van der Waals surface area contributed by atoms with Crippen LogP contribution < -0.4 is 9.44 Å². The van der Waals surface area contributed by atoms with Crippen LogP contribution in [-0.4, -0.2) is 31.7 Å². The first-order valence-corrected chi connectivity index (χ1v) is 12.1. The lowest BCUT2D eigenvalue weighted by molar-refractivity contribution is -0.385. The van der Waals surface area contributed by atoms with E-state index >= 15 is 0 Å². The molecule has 3 rings (SSSR count). The van der Waals surface area contributed by atoms with Crippen LogP contribution in [0.3, 0.4) is 0 Å². The number of nitrogens with one attached hydrogen (secondary N) is 2. The molecule has 11 nitrogen and oxygen atoms in total. The highest BCUT2D eigenvalue weighted by atomic mass is 32.2. The largest absolute Gasteiger partial charge is 0.280 e. The van der Waals surface area contributed by atoms with Gasteiger partial charge in [0.15, 0.2) is 0 Å². The van der Waals surface area contributed by atoms with Gasteiger partial charge in [0.1, 0.15) is 0 Å². The highest BCUT2D eigenvalue weighted by Gasteiger charge is 2.21. The first-order valence-electron chi connectivity index (χ1n) is 9.10. The summed E-state index contributed by atoms with van der Waals surface area (Å²) in [5.74, 6) is -0.0755. The van der Waals surface area contributed by atoms with Gasteiger partial charge in [-0.2, -0.15) is 0 Å². The highest BCUT2D eigenvalue weighted by molar-refractivity contribution is 7.93. The fourth-order valence-electron chi connectivity index (χ4n) is 2.85. The normalized spacial score (nSPS) is 11.7. The van der Waals surface area contributed by atoms with E-state index in [4.69, 9.17) is 0 Å². The van der Waals surface area contributed by atoms with E-state index in [1.54, 1.807) is 19.9 Å². The van der Waals surface area contributed by atoms with E-state index in [1.165, 1.54) is 43.3 Å². The van der Waals surface area contributed by atoms with E-state index in [9.17, 15) is 26.9 Å². The van der Waals surface area contributed by atoms with Crippen LogP contribution in [0.5, 0.6) is 0 Å². The molecule has 0 spiro atoms. The van der Waals surface area contributed by atoms with E-state index in [1.807, 2.05) is 0 Å². The molecule has 0 saturated carbocycles. The van der Waals surface area contributed by atoms with Crippen LogP contribution >= 0.6 is 0 Å². The standard InChI is InChI=1S/C19H19N5O6S2/c1-12-4-7-16(24(25)26)11-18(12)32(29,30)22-15-5-8-17(9-6-15)31(27,28)23-19-20-13(2)10-14(3)21-19/h4-11,22H,1-3H3,(H,20,21,23). The second kappa shape index (κ2) is 8.51. The summed E-state index contributed by atoms with van der Waals surface area (Å²) in [6.45, 7) is 4.92. The summed E-state index contributed by atoms with van der Waals surface area (Å²) in [6.07, 6.45) is 0. The molecular weight excluding hydrogens is 458 g/mol. The lowest BCUT2D eigenvalue weighted by Gasteiger charge is -2.11. The Morgan fingerprint density at radius 2 is 1.41 bits per heavy atom. The number of nitro benzene ring substituents is 1. The number of hydrogen-bond donors (Lipinski definition) is 2. The predicted octanol–water partition coefficient (Wildman–Crippen LogP) is 2.91. The Morgan fingerprint density at radius 1 is 0.812 bits per heavy atom. The van der Waals surface area contributed by atoms with Crippen LogP contribution in [0.1, 0.15) is 17.0 Å². The van der Waals surface area contributed by atoms with Crippen LogP contribution in [0.2, 0.25) is 0 Å². The molecule has 13 heteroatoms. The van der Waals surface area contributed by atoms with Crippen molar-refractivity contribution in [3.8, 4) is 0 Å². The van der Waals surface area contributed by atoms with Gasteiger partial charge in [-0.15, -0.1) is 0 Å². The highest BCUT2D eigenvalue weighted by Crippen LogP contribution is 2.25. The first-order chi connectivity index (χ1) is 14.9. The third-order valence-corrected chi connectivity index (χ3v) is 7.16. The fraction of sp³-hybridized carbons (Fsp3) is 0.158. The zero-order chi connectivity index (χ0) is 23.7. The molecule has 0 radical (unpaired) electrons. The van der Waals surface area contributed by atoms with Crippen molar-refractivity contribution in [2.24, 2.45) is 0 Å². The molecule has 168 valence electrons. The van der Waals surface area contributed by atoms with Crippen molar-refractivity contribution < 1.29 is 21.8 Å². The molecular formula is C19H19N5O6S2. The molecule has 0 atom stereocenters. The Kier molecular flexibility index (Phi) is 6.14. The molecule has 1 aromatic heterocycles. The van der Waals surface area contributed by atoms with Gasteiger partial charge in [0.05, 0.1) is 14.7 Å². The lowest BCUT2D eigenvalue weighted by Crippen LogP contribution is -2.16. The summed E-state index contributed by atoms with van der Waals surface area (Å²) in [6, 6.07) is 10.2. The van der Waals surface area contributed by atoms with Crippen molar-refractivity contribution in [1.29, 1.82) is 0 Å². The molecule has 3 aromatic rings. The number of sulfonamides is 2. The Bertz CT molecular complexity index is 1380. The SMILES string of the molecule is Cc1cc(C)nc(NS(=O)(=O)c2ccc(NS(=O)(=O)c3cc([N+](=O)[O-])ccc3C)cc2)n1. The van der Waals surface area contributed by atoms with Gasteiger partial charge in [-0.3, -0.25) is 14.8 Å². The summed E-state index contributed by atoms with van der Waals surface area (Å²) in [7, 11) is -8.15. The number of aryl methyl sites for hydroxylation is 3. The molecule has 0 unspecified atom stereocenters. The topological polar surface area (TPSA) is 161 Å². The maximum Gasteiger partial charge on any atom is 0.270 e. The number of benzene rings is 2. The van der Waals surface area contributed by atoms with Gasteiger partial charge in [-0.05, 0) is 56.7 Å². The van der Waals surface area contributed by atoms with Crippen LogP contribution in [-0.2, 0) is 20.0 Å². The lowest BCUT2D eigenvalue weighted by atomic mass is 10.2. The second-order valence-electron chi connectivity index (χ2n) is 6.92. The number of anilines is 2. The molecule has 0 amide bonds. The van der Waals surface area contributed by atoms with Gasteiger partial charge in [0.25, 0.3) is 25.7 Å². The van der Waals surface area contributed by atoms with Crippen molar-refractivity contribution in [2.75, 3.05) is 9.44 Å². The molecule has 0 saturated heterocycles. The average Bonchev–Trinajstić information content (AvgIpc) is 2.67. The molecule has 2 aromatic carbocycles. The van der Waals surface area contributed by atoms with E-state index < -0.39 is 25.0 Å². The third kappa shape index (κ3) is 5.18. The van der Waals surface area contributed by atoms with Crippen molar-refractivity contribution in [2.45, 2.75) is 30.6 Å². The second-order valence-corrected chi connectivity index (χ2v) is 10.2. The van der Waals surface area contributed by atoms with Gasteiger partial charge in [0, 0.05) is 29.2 Å². The molecule has 0 fully saturated rings. The Morgan fingerprint density at radius 3 is 1.97 bits per heavy atom. The fourth-order valence-corrected chi connectivity index (χ4v) is 5.12. The summed E-state index contributed by atoms with van der Waals surface area (Å²) in [4.78, 5) is 18.0. The molecule has 0 bridgehead atoms. The third-order valence-electron chi connectivity index (χ3n) is 4.30. The molecule has 0 aliphatic rings. The van der Waals surface area contributed by atoms with Gasteiger partial charge >= 0.3 is 0 Å². The van der Waals surface area contributed by atoms with Crippen molar-refractivity contribution >= 4 is 37.4 Å². The minimum absolute atomic E-state index is 0.0755. The van der Waals surface area contributed by atoms with Gasteiger partial charge < -0.3 is 0 Å². The summed E-state index contributed by atoms with van der Waals surface area (Å²) < 4.78 is 55.2. The van der Waals surface area contributed by atoms with Crippen molar-refractivity contribution in [3.63, 3.8) is 0 Å². The number of rotatable bonds is 7. The molecule has 0 aliphatic heterocycles. The quantitative estimate of drug-likeness (QED) is 0.388. The van der Waals surface area contributed by atoms with Gasteiger partial charge in [-0.1, -0.05) is 6.07 Å². The number of aromatic nitrogens is 2. The van der Waals surface area contributed by atoms with E-state index in [-0.39, 0.29) is 27.1 Å². The first kappa shape index (κ1) is 23.1. The minimum Gasteiger partial charge on any atom is -0.280 e. The minimum atomic E-state index is -4.15. The maximum absolute atomic E-state index is 12.7. The van der Waals surface area contributed by atoms with Gasteiger partial charge in [-0.25, -0.2) is 31.5 Å². The average molecular weight is 478 g/mol. The zero-order valence-electron chi connectivity index (χ0n) is 17.2. The van der Waals surface area contributed by atoms with E-state index in [0.29, 0.717) is 17.0 Å². The molecule has 0 aliphatic carbocycles. The summed E-state index contributed by atoms with van der Waals surface area (Å²) in [5, 5.41) is 11.0. The zero-order valence-corrected chi connectivity index (χ0v) is 18.9. The monoisotopic (exact) mass is 477 g/mol. The molecule has 32 heavy (non-hydrogen) atoms. The smallest absolute Gasteiger partial charge is 0.270 e. The Hall–Kier alpha value is -3.58. The maximum atomic E-state index is 12.7. The number of non-ortho nitro benzene ring substituents is 1. The Balaban J connectivity index is 1.84. The van der Waals surface area contributed by atoms with Crippen LogP contribution in [0, 0.1) is 30.9 Å². The van der Waals surface area contributed by atoms with Crippen LogP contribution in [0.25, 0.3) is 0 Å². The van der Waals surface area contributed by atoms with E-state index in [2.05, 4.69) is 19.4 Å². The van der Waals surface area contributed by atoms with Crippen LogP contribution in [0.15, 0.2) is 58.3 Å². The van der Waals surface area contributed by atoms with Gasteiger partial charge in [0.2, 0.25) is 5.95 Å². The van der Waals surface area contributed by atoms with Crippen molar-refractivity contribution in [1.82, 2.24) is 9.97 Å². The molecule has 2 N–H and O–H groups in total. The summed E-state index contributed by atoms with van der Waals surface area (Å²) in [5.41, 5.74) is 1.22. The number of nitro groups is 1. The predicted molar refractivity (Wildman–Crippen MR) is 117 cm³/mol. The van der Waals surface area contributed by atoms with E-state index in [0.717, 1.165) is 6.07 Å². The number of hydrogen-bond acceptors (Lipinski definition) is 8. The van der Waals surface area contributed by atoms with Crippen LogP contribution in [0.4, 0.5) is 17.3 Å². The summed E-state index contributed by atoms with van der Waals surface area (Å²) >= 11 is 0. The Labute approximate surface area is 184 Å².